The Morgan fingerprint density at radius 2 is 1.87 bits per heavy atom. The van der Waals surface area contributed by atoms with Crippen molar-refractivity contribution in [3.63, 3.8) is 0 Å². The zero-order chi connectivity index (χ0) is 11.6. The van der Waals surface area contributed by atoms with E-state index >= 15 is 0 Å². The van der Waals surface area contributed by atoms with Crippen molar-refractivity contribution in [3.8, 4) is 0 Å². The van der Waals surface area contributed by atoms with E-state index in [-0.39, 0.29) is 5.69 Å². The molecule has 3 nitrogen and oxygen atoms in total. The van der Waals surface area contributed by atoms with Gasteiger partial charge in [-0.15, -0.1) is 0 Å². The Labute approximate surface area is 99.5 Å². The second kappa shape index (κ2) is 4.95. The molecule has 0 radical (unpaired) electrons. The highest BCUT2D eigenvalue weighted by atomic mass is 79.9. The van der Waals surface area contributed by atoms with E-state index < -0.39 is 0 Å². The zero-order valence-corrected chi connectivity index (χ0v) is 11.7. The molecule has 1 aromatic carbocycles. The Bertz CT molecular complexity index is 530. The first-order chi connectivity index (χ1) is 7.11. The Hall–Kier alpha value is -0.600. The second-order valence-electron chi connectivity index (χ2n) is 2.84. The summed E-state index contributed by atoms with van der Waals surface area (Å²) in [7, 11) is 4.17. The molecule has 0 saturated carbocycles. The average Bonchev–Trinajstić information content (AvgIpc) is 2.47. The highest BCUT2D eigenvalue weighted by Gasteiger charge is 2.06. The standard InChI is InChI=1S/C8H8BrN2OP.C2H6/c1-10-7-4-5(9)2-3-6(7)11(13)8(10)12;1-2/h2-4H,13H2,1H3;1-2H3. The number of hydrogen-bond acceptors (Lipinski definition) is 1. The fourth-order valence-electron chi connectivity index (χ4n) is 1.34. The van der Waals surface area contributed by atoms with Crippen LogP contribution >= 0.6 is 25.3 Å². The molecule has 0 aliphatic rings. The lowest BCUT2D eigenvalue weighted by Crippen LogP contribution is -2.16. The second-order valence-corrected chi connectivity index (χ2v) is 4.28. The van der Waals surface area contributed by atoms with Crippen LogP contribution in [0.2, 0.25) is 0 Å². The molecule has 1 aromatic heterocycles. The molecule has 1 heterocycles. The van der Waals surface area contributed by atoms with E-state index in [9.17, 15) is 4.79 Å². The Kier molecular flexibility index (Phi) is 4.12. The summed E-state index contributed by atoms with van der Waals surface area (Å²) < 4.78 is 4.15. The topological polar surface area (TPSA) is 26.9 Å². The molecule has 0 amide bonds. The fourth-order valence-corrected chi connectivity index (χ4v) is 2.08. The van der Waals surface area contributed by atoms with E-state index in [0.717, 1.165) is 15.5 Å². The lowest BCUT2D eigenvalue weighted by Gasteiger charge is -1.94. The third kappa shape index (κ3) is 2.16. The van der Waals surface area contributed by atoms with Gasteiger partial charge in [0.2, 0.25) is 0 Å². The van der Waals surface area contributed by atoms with Gasteiger partial charge < -0.3 is 0 Å². The summed E-state index contributed by atoms with van der Waals surface area (Å²) in [4.78, 5) is 11.5. The molecule has 5 heteroatoms. The molecule has 0 spiro atoms. The van der Waals surface area contributed by atoms with Gasteiger partial charge in [0, 0.05) is 11.5 Å². The maximum absolute atomic E-state index is 11.5. The van der Waals surface area contributed by atoms with Gasteiger partial charge in [-0.25, -0.2) is 4.79 Å². The largest absolute Gasteiger partial charge is 0.331 e. The normalized spacial score (nSPS) is 9.93. The van der Waals surface area contributed by atoms with Crippen molar-refractivity contribution < 1.29 is 0 Å². The van der Waals surface area contributed by atoms with Gasteiger partial charge >= 0.3 is 5.69 Å². The summed E-state index contributed by atoms with van der Waals surface area (Å²) in [6.45, 7) is 4.00. The first-order valence-electron chi connectivity index (χ1n) is 4.73. The van der Waals surface area contributed by atoms with Crippen molar-refractivity contribution >= 4 is 36.4 Å². The molecular formula is C10H14BrN2OP. The molecule has 0 aliphatic heterocycles. The number of aromatic nitrogens is 2. The molecule has 0 bridgehead atoms. The van der Waals surface area contributed by atoms with Crippen LogP contribution in [0.3, 0.4) is 0 Å². The van der Waals surface area contributed by atoms with Crippen molar-refractivity contribution in [2.45, 2.75) is 13.8 Å². The SMILES string of the molecule is CC.Cn1c(=O)n(P)c2ccc(Br)cc21. The van der Waals surface area contributed by atoms with Crippen molar-refractivity contribution in [2.75, 3.05) is 0 Å². The van der Waals surface area contributed by atoms with Crippen LogP contribution in [-0.2, 0) is 7.05 Å². The summed E-state index contributed by atoms with van der Waals surface area (Å²) in [6.07, 6.45) is 0. The first-order valence-corrected chi connectivity index (χ1v) is 6.04. The van der Waals surface area contributed by atoms with Crippen molar-refractivity contribution in [3.05, 3.63) is 33.2 Å². The Morgan fingerprint density at radius 3 is 2.47 bits per heavy atom. The fraction of sp³-hybridized carbons (Fsp3) is 0.300. The molecular weight excluding hydrogens is 275 g/mol. The predicted octanol–water partition coefficient (Wildman–Crippen LogP) is 2.77. The van der Waals surface area contributed by atoms with Crippen molar-refractivity contribution in [1.29, 1.82) is 0 Å². The van der Waals surface area contributed by atoms with Gasteiger partial charge in [-0.2, -0.15) is 0 Å². The van der Waals surface area contributed by atoms with Gasteiger partial charge in [0.15, 0.2) is 0 Å². The molecule has 2 aromatic rings. The van der Waals surface area contributed by atoms with Crippen LogP contribution in [0.1, 0.15) is 13.8 Å². The zero-order valence-electron chi connectivity index (χ0n) is 8.99. The number of fused-ring (bicyclic) bond motifs is 1. The van der Waals surface area contributed by atoms with Gasteiger partial charge in [-0.05, 0) is 27.6 Å². The molecule has 0 aliphatic carbocycles. The quantitative estimate of drug-likeness (QED) is 0.685. The number of nitrogens with zero attached hydrogens (tertiary/aromatic N) is 2. The number of hydrogen-bond donors (Lipinski definition) is 0. The van der Waals surface area contributed by atoms with Crippen LogP contribution in [0, 0.1) is 0 Å². The molecule has 82 valence electrons. The lowest BCUT2D eigenvalue weighted by molar-refractivity contribution is 0.878. The van der Waals surface area contributed by atoms with E-state index in [4.69, 9.17) is 0 Å². The van der Waals surface area contributed by atoms with Gasteiger partial charge in [0.1, 0.15) is 0 Å². The van der Waals surface area contributed by atoms with Crippen LogP contribution in [0.15, 0.2) is 27.5 Å². The van der Waals surface area contributed by atoms with E-state index in [1.165, 1.54) is 0 Å². The number of benzene rings is 1. The van der Waals surface area contributed by atoms with Crippen LogP contribution in [0.4, 0.5) is 0 Å². The molecule has 1 atom stereocenters. The summed E-state index contributed by atoms with van der Waals surface area (Å²) in [6, 6.07) is 5.76. The average molecular weight is 289 g/mol. The minimum atomic E-state index is -0.0295. The molecule has 0 fully saturated rings. The van der Waals surface area contributed by atoms with Crippen LogP contribution < -0.4 is 5.69 Å². The summed E-state index contributed by atoms with van der Waals surface area (Å²) >= 11 is 3.37. The van der Waals surface area contributed by atoms with Crippen LogP contribution in [0.5, 0.6) is 0 Å². The summed E-state index contributed by atoms with van der Waals surface area (Å²) in [5, 5.41) is 0. The molecule has 1 unspecified atom stereocenters. The van der Waals surface area contributed by atoms with Gasteiger partial charge in [-0.1, -0.05) is 29.8 Å². The predicted molar refractivity (Wildman–Crippen MR) is 71.3 cm³/mol. The third-order valence-corrected chi connectivity index (χ3v) is 3.04. The highest BCUT2D eigenvalue weighted by Crippen LogP contribution is 2.19. The number of halogens is 1. The highest BCUT2D eigenvalue weighted by molar-refractivity contribution is 9.10. The Morgan fingerprint density at radius 1 is 1.27 bits per heavy atom. The third-order valence-electron chi connectivity index (χ3n) is 2.05. The van der Waals surface area contributed by atoms with Crippen LogP contribution in [0.25, 0.3) is 11.0 Å². The summed E-state index contributed by atoms with van der Waals surface area (Å²) in [5.41, 5.74) is 1.81. The smallest absolute Gasteiger partial charge is 0.295 e. The molecule has 0 N–H and O–H groups in total. The molecule has 2 rings (SSSR count). The lowest BCUT2D eigenvalue weighted by atomic mass is 10.3. The monoisotopic (exact) mass is 288 g/mol. The maximum Gasteiger partial charge on any atom is 0.331 e. The number of aryl methyl sites for hydroxylation is 1. The molecule has 0 saturated heterocycles. The van der Waals surface area contributed by atoms with Gasteiger partial charge in [0.25, 0.3) is 0 Å². The summed E-state index contributed by atoms with van der Waals surface area (Å²) in [5.74, 6) is 0. The first kappa shape index (κ1) is 12.5. The van der Waals surface area contributed by atoms with E-state index in [1.807, 2.05) is 32.0 Å². The minimum Gasteiger partial charge on any atom is -0.295 e. The van der Waals surface area contributed by atoms with E-state index in [0.29, 0.717) is 0 Å². The number of imidazole rings is 1. The molecule has 15 heavy (non-hydrogen) atoms. The minimum absolute atomic E-state index is 0.0295. The van der Waals surface area contributed by atoms with E-state index in [2.05, 4.69) is 25.3 Å². The number of rotatable bonds is 0. The van der Waals surface area contributed by atoms with E-state index in [1.54, 1.807) is 16.0 Å². The van der Waals surface area contributed by atoms with Crippen molar-refractivity contribution in [1.82, 2.24) is 8.90 Å². The van der Waals surface area contributed by atoms with Crippen LogP contribution in [-0.4, -0.2) is 8.90 Å². The van der Waals surface area contributed by atoms with Gasteiger partial charge in [0.05, 0.1) is 11.0 Å². The maximum atomic E-state index is 11.5. The van der Waals surface area contributed by atoms with Gasteiger partial charge in [-0.3, -0.25) is 8.90 Å². The van der Waals surface area contributed by atoms with Crippen molar-refractivity contribution in [2.24, 2.45) is 7.05 Å². The Balaban J connectivity index is 0.000000531.